The summed E-state index contributed by atoms with van der Waals surface area (Å²) >= 11 is 3.90. The summed E-state index contributed by atoms with van der Waals surface area (Å²) < 4.78 is 1.28. The molecular weight excluding hydrogens is 140 g/mol. The minimum atomic E-state index is 1.07. The Kier molecular flexibility index (Phi) is 1.59. The van der Waals surface area contributed by atoms with Crippen molar-refractivity contribution in [3.63, 3.8) is 0 Å². The zero-order valence-electron chi connectivity index (χ0n) is 5.14. The molecule has 0 bridgehead atoms. The van der Waals surface area contributed by atoms with Crippen LogP contribution in [-0.4, -0.2) is 0 Å². The van der Waals surface area contributed by atoms with Gasteiger partial charge in [-0.1, -0.05) is 0 Å². The number of allylic oxidation sites excluding steroid dienone is 4. The van der Waals surface area contributed by atoms with Gasteiger partial charge in [-0.2, -0.15) is 0 Å². The van der Waals surface area contributed by atoms with Crippen molar-refractivity contribution in [1.82, 2.24) is 0 Å². The average Bonchev–Trinajstić information content (AvgIpc) is 1.98. The SMILES string of the molecule is CC1=CC[C]([Fe])=C1C. The second-order valence-electron chi connectivity index (χ2n) is 2.11. The Bertz CT molecular complexity index is 158. The second kappa shape index (κ2) is 2.08. The monoisotopic (exact) mass is 149 g/mol. The Labute approximate surface area is 58.5 Å². The molecule has 0 spiro atoms. The van der Waals surface area contributed by atoms with Gasteiger partial charge in [0, 0.05) is 0 Å². The van der Waals surface area contributed by atoms with Crippen molar-refractivity contribution in [1.29, 1.82) is 0 Å². The molecule has 0 aromatic heterocycles. The van der Waals surface area contributed by atoms with Crippen molar-refractivity contribution >= 4 is 0 Å². The van der Waals surface area contributed by atoms with E-state index < -0.39 is 0 Å². The third-order valence-corrected chi connectivity index (χ3v) is 2.21. The van der Waals surface area contributed by atoms with Crippen LogP contribution in [0.15, 0.2) is 21.7 Å². The van der Waals surface area contributed by atoms with Crippen molar-refractivity contribution in [3.05, 3.63) is 21.7 Å². The Morgan fingerprint density at radius 3 is 2.25 bits per heavy atom. The topological polar surface area (TPSA) is 0 Å². The first-order chi connectivity index (χ1) is 3.72. The molecule has 0 N–H and O–H groups in total. The molecule has 8 heavy (non-hydrogen) atoms. The van der Waals surface area contributed by atoms with Gasteiger partial charge in [-0.05, 0) is 0 Å². The van der Waals surface area contributed by atoms with Crippen molar-refractivity contribution in [2.45, 2.75) is 20.3 Å². The number of rotatable bonds is 0. The van der Waals surface area contributed by atoms with Crippen molar-refractivity contribution in [3.8, 4) is 0 Å². The Morgan fingerprint density at radius 1 is 1.50 bits per heavy atom. The predicted octanol–water partition coefficient (Wildman–Crippen LogP) is 2.16. The van der Waals surface area contributed by atoms with Crippen LogP contribution in [0.4, 0.5) is 0 Å². The molecule has 0 aliphatic heterocycles. The predicted molar refractivity (Wildman–Crippen MR) is 31.1 cm³/mol. The summed E-state index contributed by atoms with van der Waals surface area (Å²) in [6.07, 6.45) is 3.29. The summed E-state index contributed by atoms with van der Waals surface area (Å²) in [5.74, 6) is 0. The third kappa shape index (κ3) is 0.887. The van der Waals surface area contributed by atoms with Crippen LogP contribution in [0.25, 0.3) is 0 Å². The molecule has 0 amide bonds. The van der Waals surface area contributed by atoms with Crippen LogP contribution in [0.3, 0.4) is 0 Å². The molecule has 0 nitrogen and oxygen atoms in total. The van der Waals surface area contributed by atoms with Crippen molar-refractivity contribution in [2.24, 2.45) is 0 Å². The van der Waals surface area contributed by atoms with Gasteiger partial charge in [-0.15, -0.1) is 0 Å². The van der Waals surface area contributed by atoms with Gasteiger partial charge in [0.1, 0.15) is 0 Å². The third-order valence-electron chi connectivity index (χ3n) is 1.57. The number of hydrogen-bond donors (Lipinski definition) is 0. The first kappa shape index (κ1) is 6.12. The summed E-state index contributed by atoms with van der Waals surface area (Å²) in [5, 5.41) is 0. The van der Waals surface area contributed by atoms with Crippen LogP contribution >= 0.6 is 0 Å². The van der Waals surface area contributed by atoms with Crippen molar-refractivity contribution in [2.75, 3.05) is 0 Å². The minimum absolute atomic E-state index is 1.07. The fourth-order valence-corrected chi connectivity index (χ4v) is 1.09. The molecule has 0 radical (unpaired) electrons. The maximum absolute atomic E-state index is 3.90. The van der Waals surface area contributed by atoms with Crippen LogP contribution in [0, 0.1) is 0 Å². The second-order valence-corrected chi connectivity index (χ2v) is 2.77. The van der Waals surface area contributed by atoms with E-state index in [4.69, 9.17) is 0 Å². The summed E-state index contributed by atoms with van der Waals surface area (Å²) in [5.41, 5.74) is 2.78. The van der Waals surface area contributed by atoms with Crippen LogP contribution in [0.1, 0.15) is 20.3 Å². The molecule has 1 aliphatic rings. The van der Waals surface area contributed by atoms with Gasteiger partial charge in [-0.3, -0.25) is 0 Å². The van der Waals surface area contributed by atoms with Gasteiger partial charge >= 0.3 is 58.0 Å². The van der Waals surface area contributed by atoms with E-state index in [0.29, 0.717) is 0 Å². The quantitative estimate of drug-likeness (QED) is 0.463. The molecule has 1 heteroatoms. The molecule has 0 aromatic rings. The average molecular weight is 149 g/mol. The molecule has 1 aliphatic carbocycles. The summed E-state index contributed by atoms with van der Waals surface area (Å²) in [6, 6.07) is 0. The van der Waals surface area contributed by atoms with Crippen LogP contribution < -0.4 is 0 Å². The first-order valence-electron chi connectivity index (χ1n) is 2.73. The molecule has 45 valence electrons. The molecule has 0 saturated carbocycles. The van der Waals surface area contributed by atoms with E-state index >= 15 is 0 Å². The molecule has 0 aromatic carbocycles. The first-order valence-corrected chi connectivity index (χ1v) is 3.28. The van der Waals surface area contributed by atoms with Gasteiger partial charge in [0.15, 0.2) is 0 Å². The van der Waals surface area contributed by atoms with E-state index in [9.17, 15) is 0 Å². The molecule has 0 fully saturated rings. The van der Waals surface area contributed by atoms with E-state index in [1.807, 2.05) is 0 Å². The van der Waals surface area contributed by atoms with E-state index in [1.54, 1.807) is 0 Å². The summed E-state index contributed by atoms with van der Waals surface area (Å²) in [6.45, 7) is 4.26. The zero-order chi connectivity index (χ0) is 6.15. The number of hydrogen-bond acceptors (Lipinski definition) is 0. The molecule has 0 saturated heterocycles. The molecule has 0 heterocycles. The van der Waals surface area contributed by atoms with Gasteiger partial charge in [0.25, 0.3) is 0 Å². The van der Waals surface area contributed by atoms with Crippen LogP contribution in [0.5, 0.6) is 0 Å². The molecule has 1 rings (SSSR count). The van der Waals surface area contributed by atoms with Gasteiger partial charge in [0.05, 0.1) is 0 Å². The van der Waals surface area contributed by atoms with Crippen LogP contribution in [-0.2, 0) is 16.0 Å². The van der Waals surface area contributed by atoms with E-state index in [0.717, 1.165) is 6.42 Å². The standard InChI is InChI=1S/C7H9.Fe/c1-6-4-3-5-7(6)2;/h4H,3H2,1-2H3;. The Hall–Kier alpha value is -0.000519. The summed E-state index contributed by atoms with van der Waals surface area (Å²) in [4.78, 5) is 0. The van der Waals surface area contributed by atoms with E-state index in [1.165, 1.54) is 15.6 Å². The van der Waals surface area contributed by atoms with Crippen LogP contribution in [0.2, 0.25) is 0 Å². The molecule has 0 atom stereocenters. The Balaban J connectivity index is 2.88. The molecular formula is C7H9Fe. The molecule has 0 unspecified atom stereocenters. The van der Waals surface area contributed by atoms with E-state index in [2.05, 4.69) is 35.9 Å². The van der Waals surface area contributed by atoms with E-state index in [-0.39, 0.29) is 0 Å². The van der Waals surface area contributed by atoms with Gasteiger partial charge in [0.2, 0.25) is 0 Å². The summed E-state index contributed by atoms with van der Waals surface area (Å²) in [7, 11) is 0. The van der Waals surface area contributed by atoms with Gasteiger partial charge in [-0.25, -0.2) is 0 Å². The Morgan fingerprint density at radius 2 is 2.12 bits per heavy atom. The fourth-order valence-electron chi connectivity index (χ4n) is 0.756. The zero-order valence-corrected chi connectivity index (χ0v) is 6.24. The van der Waals surface area contributed by atoms with Crippen molar-refractivity contribution < 1.29 is 16.0 Å². The fraction of sp³-hybridized carbons (Fsp3) is 0.429. The van der Waals surface area contributed by atoms with Gasteiger partial charge < -0.3 is 0 Å². The maximum atomic E-state index is 3.90. The normalized spacial score (nSPS) is 19.6.